The van der Waals surface area contributed by atoms with Crippen molar-refractivity contribution in [1.29, 1.82) is 0 Å². The first-order chi connectivity index (χ1) is 4.88. The quantitative estimate of drug-likeness (QED) is 0.533. The third kappa shape index (κ3) is 0.652. The van der Waals surface area contributed by atoms with Gasteiger partial charge in [0.15, 0.2) is 5.75 Å². The molecule has 1 heterocycles. The molecule has 0 spiro atoms. The van der Waals surface area contributed by atoms with E-state index in [2.05, 4.69) is 0 Å². The minimum atomic E-state index is 0.106. The van der Waals surface area contributed by atoms with Crippen LogP contribution < -0.4 is 4.74 Å². The largest absolute Gasteiger partial charge is 0.493 e. The third-order valence-corrected chi connectivity index (χ3v) is 1.70. The Morgan fingerprint density at radius 2 is 2.30 bits per heavy atom. The number of hydrogen-bond acceptors (Lipinski definition) is 1. The van der Waals surface area contributed by atoms with Crippen LogP contribution in [-0.4, -0.2) is 6.61 Å². The van der Waals surface area contributed by atoms with Gasteiger partial charge in [-0.3, -0.25) is 5.11 Å². The molecule has 10 heavy (non-hydrogen) atoms. The van der Waals surface area contributed by atoms with E-state index >= 15 is 0 Å². The van der Waals surface area contributed by atoms with Crippen LogP contribution in [0.4, 0.5) is 0 Å². The van der Waals surface area contributed by atoms with Crippen molar-refractivity contribution in [3.63, 3.8) is 0 Å². The van der Waals surface area contributed by atoms with E-state index in [0.29, 0.717) is 6.61 Å². The molecule has 1 aliphatic heterocycles. The van der Waals surface area contributed by atoms with Gasteiger partial charge in [0, 0.05) is 12.0 Å². The highest BCUT2D eigenvalue weighted by Crippen LogP contribution is 2.32. The maximum atomic E-state index is 11.0. The molecule has 0 N–H and O–H groups in total. The monoisotopic (exact) mass is 135 g/mol. The van der Waals surface area contributed by atoms with Crippen LogP contribution in [0.15, 0.2) is 18.2 Å². The Kier molecular flexibility index (Phi) is 1.07. The van der Waals surface area contributed by atoms with Crippen LogP contribution >= 0.6 is 0 Å². The fourth-order valence-electron chi connectivity index (χ4n) is 1.19. The van der Waals surface area contributed by atoms with Gasteiger partial charge in [-0.2, -0.15) is 0 Å². The zero-order valence-corrected chi connectivity index (χ0v) is 5.46. The number of fused-ring (bicyclic) bond motifs is 1. The highest BCUT2D eigenvalue weighted by molar-refractivity contribution is 5.45. The normalized spacial score (nSPS) is 14.4. The zero-order valence-electron chi connectivity index (χ0n) is 5.46. The lowest BCUT2D eigenvalue weighted by Gasteiger charge is -1.95. The first-order valence-electron chi connectivity index (χ1n) is 3.29. The van der Waals surface area contributed by atoms with Crippen LogP contribution in [0.5, 0.6) is 11.5 Å². The van der Waals surface area contributed by atoms with Crippen molar-refractivity contribution in [2.24, 2.45) is 0 Å². The molecule has 0 amide bonds. The second-order valence-electron chi connectivity index (χ2n) is 2.33. The van der Waals surface area contributed by atoms with Gasteiger partial charge in [-0.25, -0.2) is 0 Å². The van der Waals surface area contributed by atoms with Gasteiger partial charge in [0.2, 0.25) is 0 Å². The standard InChI is InChI=1S/C8H7O2/c9-7-2-1-3-8-6(7)4-5-10-8/h1-3H,4-5H2. The summed E-state index contributed by atoms with van der Waals surface area (Å²) in [5.74, 6) is 0.877. The van der Waals surface area contributed by atoms with Crippen molar-refractivity contribution in [2.75, 3.05) is 6.61 Å². The molecule has 1 aromatic carbocycles. The molecule has 1 aromatic rings. The Labute approximate surface area is 59.1 Å². The van der Waals surface area contributed by atoms with Crippen molar-refractivity contribution in [3.05, 3.63) is 23.8 Å². The van der Waals surface area contributed by atoms with E-state index in [1.807, 2.05) is 6.07 Å². The van der Waals surface area contributed by atoms with Gasteiger partial charge >= 0.3 is 0 Å². The summed E-state index contributed by atoms with van der Waals surface area (Å²) in [6, 6.07) is 5.14. The van der Waals surface area contributed by atoms with Gasteiger partial charge < -0.3 is 4.74 Å². The molecule has 1 radical (unpaired) electrons. The van der Waals surface area contributed by atoms with E-state index in [9.17, 15) is 5.11 Å². The van der Waals surface area contributed by atoms with Crippen LogP contribution in [0.3, 0.4) is 0 Å². The van der Waals surface area contributed by atoms with E-state index in [4.69, 9.17) is 4.74 Å². The summed E-state index contributed by atoms with van der Waals surface area (Å²) in [6.45, 7) is 0.661. The summed E-state index contributed by atoms with van der Waals surface area (Å²) >= 11 is 0. The number of benzene rings is 1. The van der Waals surface area contributed by atoms with Crippen molar-refractivity contribution < 1.29 is 9.84 Å². The Morgan fingerprint density at radius 1 is 1.40 bits per heavy atom. The first-order valence-corrected chi connectivity index (χ1v) is 3.29. The summed E-state index contributed by atoms with van der Waals surface area (Å²) in [5, 5.41) is 11.0. The third-order valence-electron chi connectivity index (χ3n) is 1.70. The summed E-state index contributed by atoms with van der Waals surface area (Å²) in [5.41, 5.74) is 0.836. The Morgan fingerprint density at radius 3 is 3.10 bits per heavy atom. The molecule has 0 aliphatic carbocycles. The molecule has 0 unspecified atom stereocenters. The van der Waals surface area contributed by atoms with Gasteiger partial charge in [0.05, 0.1) is 6.61 Å². The molecule has 0 fully saturated rings. The van der Waals surface area contributed by atoms with Gasteiger partial charge in [0.1, 0.15) is 5.75 Å². The van der Waals surface area contributed by atoms with Gasteiger partial charge in [-0.15, -0.1) is 0 Å². The molecule has 0 saturated carbocycles. The molecule has 2 rings (SSSR count). The highest BCUT2D eigenvalue weighted by atomic mass is 16.5. The van der Waals surface area contributed by atoms with Crippen molar-refractivity contribution in [2.45, 2.75) is 6.42 Å². The minimum absolute atomic E-state index is 0.106. The molecule has 0 atom stereocenters. The van der Waals surface area contributed by atoms with Gasteiger partial charge in [-0.05, 0) is 12.1 Å². The van der Waals surface area contributed by atoms with Crippen molar-refractivity contribution >= 4 is 0 Å². The van der Waals surface area contributed by atoms with E-state index in [1.165, 1.54) is 0 Å². The number of hydrogen-bond donors (Lipinski definition) is 0. The van der Waals surface area contributed by atoms with Crippen LogP contribution in [0.25, 0.3) is 0 Å². The average molecular weight is 135 g/mol. The molecule has 0 saturated heterocycles. The second kappa shape index (κ2) is 1.90. The van der Waals surface area contributed by atoms with E-state index in [-0.39, 0.29) is 5.75 Å². The summed E-state index contributed by atoms with van der Waals surface area (Å²) in [6.07, 6.45) is 0.773. The summed E-state index contributed by atoms with van der Waals surface area (Å²) in [7, 11) is 0. The zero-order chi connectivity index (χ0) is 6.97. The Hall–Kier alpha value is -1.18. The van der Waals surface area contributed by atoms with Crippen molar-refractivity contribution in [1.82, 2.24) is 0 Å². The lowest BCUT2D eigenvalue weighted by Crippen LogP contribution is -1.85. The SMILES string of the molecule is [O]c1cccc2c1CCO2. The Balaban J connectivity index is 2.59. The lowest BCUT2D eigenvalue weighted by molar-refractivity contribution is 0.350. The predicted molar refractivity (Wildman–Crippen MR) is 35.8 cm³/mol. The molecular formula is C8H7O2. The molecular weight excluding hydrogens is 128 g/mol. The summed E-state index contributed by atoms with van der Waals surface area (Å²) in [4.78, 5) is 0. The van der Waals surface area contributed by atoms with Crippen LogP contribution in [0.1, 0.15) is 5.56 Å². The van der Waals surface area contributed by atoms with E-state index in [0.717, 1.165) is 17.7 Å². The maximum Gasteiger partial charge on any atom is 0.185 e. The average Bonchev–Trinajstić information content (AvgIpc) is 2.36. The van der Waals surface area contributed by atoms with E-state index in [1.54, 1.807) is 12.1 Å². The predicted octanol–water partition coefficient (Wildman–Crippen LogP) is 1.77. The van der Waals surface area contributed by atoms with Crippen LogP contribution in [-0.2, 0) is 11.5 Å². The number of rotatable bonds is 0. The molecule has 1 aliphatic rings. The lowest BCUT2D eigenvalue weighted by atomic mass is 10.1. The summed E-state index contributed by atoms with van der Waals surface area (Å²) < 4.78 is 5.18. The highest BCUT2D eigenvalue weighted by Gasteiger charge is 2.15. The van der Waals surface area contributed by atoms with E-state index < -0.39 is 0 Å². The second-order valence-corrected chi connectivity index (χ2v) is 2.33. The Bertz CT molecular complexity index is 255. The minimum Gasteiger partial charge on any atom is -0.493 e. The first kappa shape index (κ1) is 5.59. The molecule has 0 bridgehead atoms. The fraction of sp³-hybridized carbons (Fsp3) is 0.250. The topological polar surface area (TPSA) is 29.1 Å². The molecule has 51 valence electrons. The van der Waals surface area contributed by atoms with Crippen LogP contribution in [0, 0.1) is 0 Å². The molecule has 2 nitrogen and oxygen atoms in total. The van der Waals surface area contributed by atoms with Crippen molar-refractivity contribution in [3.8, 4) is 11.5 Å². The van der Waals surface area contributed by atoms with Gasteiger partial charge in [-0.1, -0.05) is 6.07 Å². The van der Waals surface area contributed by atoms with Crippen LogP contribution in [0.2, 0.25) is 0 Å². The number of ether oxygens (including phenoxy) is 1. The molecule has 2 heteroatoms. The maximum absolute atomic E-state index is 11.0. The molecule has 0 aromatic heterocycles. The van der Waals surface area contributed by atoms with Gasteiger partial charge in [0.25, 0.3) is 0 Å². The smallest absolute Gasteiger partial charge is 0.185 e. The fourth-order valence-corrected chi connectivity index (χ4v) is 1.19.